The van der Waals surface area contributed by atoms with Crippen LogP contribution in [0, 0.1) is 0 Å². The molecule has 0 fully saturated rings. The largest absolute Gasteiger partial charge is 0.328 e. The quantitative estimate of drug-likeness (QED) is 0.890. The molecule has 20 heavy (non-hydrogen) atoms. The standard InChI is InChI=1S/C19H23N/c1-2-16(20)13-19-17-9-5-3-7-14(17)11-12-15-8-4-6-10-18(15)19/h3-10,16,19H,2,11-13,20H2,1H3. The van der Waals surface area contributed by atoms with Gasteiger partial charge < -0.3 is 5.73 Å². The van der Waals surface area contributed by atoms with E-state index in [2.05, 4.69) is 55.5 Å². The summed E-state index contributed by atoms with van der Waals surface area (Å²) in [7, 11) is 0. The van der Waals surface area contributed by atoms with Crippen molar-refractivity contribution in [2.45, 2.75) is 44.6 Å². The predicted molar refractivity (Wildman–Crippen MR) is 85.0 cm³/mol. The van der Waals surface area contributed by atoms with Crippen LogP contribution in [0.25, 0.3) is 0 Å². The second-order valence-corrected chi connectivity index (χ2v) is 5.85. The Bertz CT molecular complexity index is 540. The van der Waals surface area contributed by atoms with Gasteiger partial charge in [-0.2, -0.15) is 0 Å². The third-order valence-electron chi connectivity index (χ3n) is 4.59. The molecule has 3 rings (SSSR count). The second-order valence-electron chi connectivity index (χ2n) is 5.85. The lowest BCUT2D eigenvalue weighted by Gasteiger charge is -2.23. The van der Waals surface area contributed by atoms with Crippen molar-refractivity contribution in [1.29, 1.82) is 0 Å². The number of hydrogen-bond donors (Lipinski definition) is 1. The third kappa shape index (κ3) is 2.51. The van der Waals surface area contributed by atoms with Gasteiger partial charge in [-0.05, 0) is 47.9 Å². The summed E-state index contributed by atoms with van der Waals surface area (Å²) in [5, 5.41) is 0. The van der Waals surface area contributed by atoms with Crippen LogP contribution in [0.5, 0.6) is 0 Å². The maximum absolute atomic E-state index is 6.27. The van der Waals surface area contributed by atoms with Gasteiger partial charge in [0.15, 0.2) is 0 Å². The van der Waals surface area contributed by atoms with Gasteiger partial charge in [0.25, 0.3) is 0 Å². The highest BCUT2D eigenvalue weighted by Crippen LogP contribution is 2.37. The topological polar surface area (TPSA) is 26.0 Å². The lowest BCUT2D eigenvalue weighted by atomic mass is 9.83. The van der Waals surface area contributed by atoms with E-state index < -0.39 is 0 Å². The summed E-state index contributed by atoms with van der Waals surface area (Å²) in [6, 6.07) is 18.1. The van der Waals surface area contributed by atoms with Crippen molar-refractivity contribution in [3.05, 3.63) is 70.8 Å². The molecule has 1 aliphatic carbocycles. The van der Waals surface area contributed by atoms with E-state index in [-0.39, 0.29) is 6.04 Å². The van der Waals surface area contributed by atoms with Crippen LogP contribution < -0.4 is 5.73 Å². The highest BCUT2D eigenvalue weighted by molar-refractivity contribution is 5.44. The summed E-state index contributed by atoms with van der Waals surface area (Å²) >= 11 is 0. The molecule has 104 valence electrons. The normalized spacial score (nSPS) is 16.1. The zero-order valence-corrected chi connectivity index (χ0v) is 12.2. The summed E-state index contributed by atoms with van der Waals surface area (Å²) in [5.74, 6) is 0.458. The minimum atomic E-state index is 0.277. The van der Waals surface area contributed by atoms with Gasteiger partial charge in [0.05, 0.1) is 0 Å². The van der Waals surface area contributed by atoms with E-state index in [1.807, 2.05) is 0 Å². The average Bonchev–Trinajstić information content (AvgIpc) is 2.65. The first-order valence-electron chi connectivity index (χ1n) is 7.70. The summed E-state index contributed by atoms with van der Waals surface area (Å²) in [6.07, 6.45) is 4.38. The number of rotatable bonds is 3. The molecule has 0 saturated carbocycles. The van der Waals surface area contributed by atoms with Gasteiger partial charge in [-0.3, -0.25) is 0 Å². The van der Waals surface area contributed by atoms with Crippen LogP contribution in [0.4, 0.5) is 0 Å². The molecule has 1 heteroatoms. The molecule has 1 nitrogen and oxygen atoms in total. The van der Waals surface area contributed by atoms with Crippen molar-refractivity contribution in [2.24, 2.45) is 5.73 Å². The van der Waals surface area contributed by atoms with Gasteiger partial charge in [-0.1, -0.05) is 55.5 Å². The molecule has 0 spiro atoms. The van der Waals surface area contributed by atoms with Gasteiger partial charge in [-0.15, -0.1) is 0 Å². The van der Waals surface area contributed by atoms with Crippen molar-refractivity contribution in [3.63, 3.8) is 0 Å². The van der Waals surface area contributed by atoms with Crippen molar-refractivity contribution in [3.8, 4) is 0 Å². The molecule has 0 radical (unpaired) electrons. The number of nitrogens with two attached hydrogens (primary N) is 1. The molecular weight excluding hydrogens is 242 g/mol. The van der Waals surface area contributed by atoms with Crippen LogP contribution in [0.3, 0.4) is 0 Å². The lowest BCUT2D eigenvalue weighted by Crippen LogP contribution is -2.22. The molecule has 2 N–H and O–H groups in total. The second kappa shape index (κ2) is 5.80. The fraction of sp³-hybridized carbons (Fsp3) is 0.368. The Kier molecular flexibility index (Phi) is 3.88. The smallest absolute Gasteiger partial charge is 0.0109 e. The molecular formula is C19H23N. The van der Waals surface area contributed by atoms with Crippen LogP contribution in [-0.4, -0.2) is 6.04 Å². The monoisotopic (exact) mass is 265 g/mol. The first-order chi connectivity index (χ1) is 9.79. The molecule has 2 aromatic carbocycles. The molecule has 0 bridgehead atoms. The molecule has 2 aromatic rings. The fourth-order valence-corrected chi connectivity index (χ4v) is 3.36. The maximum atomic E-state index is 6.27. The van der Waals surface area contributed by atoms with Crippen molar-refractivity contribution < 1.29 is 0 Å². The van der Waals surface area contributed by atoms with E-state index in [1.165, 1.54) is 22.3 Å². The Hall–Kier alpha value is -1.60. The van der Waals surface area contributed by atoms with Gasteiger partial charge >= 0.3 is 0 Å². The Morgan fingerprint density at radius 2 is 1.45 bits per heavy atom. The molecule has 1 unspecified atom stereocenters. The predicted octanol–water partition coefficient (Wildman–Crippen LogP) is 4.04. The minimum absolute atomic E-state index is 0.277. The first kappa shape index (κ1) is 13.4. The summed E-state index contributed by atoms with van der Waals surface area (Å²) in [6.45, 7) is 2.18. The Morgan fingerprint density at radius 3 is 1.95 bits per heavy atom. The number of aryl methyl sites for hydroxylation is 2. The number of fused-ring (bicyclic) bond motifs is 2. The van der Waals surface area contributed by atoms with Gasteiger partial charge in [-0.25, -0.2) is 0 Å². The highest BCUT2D eigenvalue weighted by atomic mass is 14.6. The SMILES string of the molecule is CCC(N)CC1c2ccccc2CCc2ccccc21. The lowest BCUT2D eigenvalue weighted by molar-refractivity contribution is 0.554. The Balaban J connectivity index is 2.09. The van der Waals surface area contributed by atoms with E-state index in [1.54, 1.807) is 0 Å². The molecule has 0 heterocycles. The first-order valence-corrected chi connectivity index (χ1v) is 7.70. The Labute approximate surface area is 121 Å². The third-order valence-corrected chi connectivity index (χ3v) is 4.59. The Morgan fingerprint density at radius 1 is 0.950 bits per heavy atom. The van der Waals surface area contributed by atoms with Crippen molar-refractivity contribution in [1.82, 2.24) is 0 Å². The number of benzene rings is 2. The van der Waals surface area contributed by atoms with Crippen molar-refractivity contribution in [2.75, 3.05) is 0 Å². The molecule has 1 atom stereocenters. The minimum Gasteiger partial charge on any atom is -0.328 e. The zero-order valence-electron chi connectivity index (χ0n) is 12.2. The van der Waals surface area contributed by atoms with E-state index in [0.717, 1.165) is 25.7 Å². The van der Waals surface area contributed by atoms with Crippen LogP contribution >= 0.6 is 0 Å². The van der Waals surface area contributed by atoms with Crippen LogP contribution in [0.1, 0.15) is 47.9 Å². The van der Waals surface area contributed by atoms with Gasteiger partial charge in [0, 0.05) is 12.0 Å². The molecule has 0 saturated heterocycles. The van der Waals surface area contributed by atoms with Crippen molar-refractivity contribution >= 4 is 0 Å². The average molecular weight is 265 g/mol. The van der Waals surface area contributed by atoms with E-state index in [9.17, 15) is 0 Å². The van der Waals surface area contributed by atoms with E-state index in [4.69, 9.17) is 5.73 Å². The fourth-order valence-electron chi connectivity index (χ4n) is 3.36. The molecule has 0 aromatic heterocycles. The van der Waals surface area contributed by atoms with Gasteiger partial charge in [0.2, 0.25) is 0 Å². The van der Waals surface area contributed by atoms with E-state index >= 15 is 0 Å². The van der Waals surface area contributed by atoms with Crippen LogP contribution in [0.2, 0.25) is 0 Å². The van der Waals surface area contributed by atoms with Crippen LogP contribution in [-0.2, 0) is 12.8 Å². The molecule has 1 aliphatic rings. The maximum Gasteiger partial charge on any atom is 0.0109 e. The highest BCUT2D eigenvalue weighted by Gasteiger charge is 2.24. The molecule has 0 amide bonds. The summed E-state index contributed by atoms with van der Waals surface area (Å²) in [5.41, 5.74) is 12.2. The number of hydrogen-bond acceptors (Lipinski definition) is 1. The summed E-state index contributed by atoms with van der Waals surface area (Å²) < 4.78 is 0. The zero-order chi connectivity index (χ0) is 13.9. The van der Waals surface area contributed by atoms with Crippen LogP contribution in [0.15, 0.2) is 48.5 Å². The van der Waals surface area contributed by atoms with E-state index in [0.29, 0.717) is 5.92 Å². The summed E-state index contributed by atoms with van der Waals surface area (Å²) in [4.78, 5) is 0. The molecule has 0 aliphatic heterocycles. The van der Waals surface area contributed by atoms with Gasteiger partial charge in [0.1, 0.15) is 0 Å².